The maximum absolute atomic E-state index is 12.4. The molecule has 1 fully saturated rings. The molecule has 104 valence electrons. The lowest BCUT2D eigenvalue weighted by Crippen LogP contribution is -2.40. The minimum absolute atomic E-state index is 0.136. The quantitative estimate of drug-likeness (QED) is 0.858. The molecule has 0 bridgehead atoms. The zero-order valence-electron chi connectivity index (χ0n) is 12.3. The van der Waals surface area contributed by atoms with Gasteiger partial charge in [-0.15, -0.1) is 0 Å². The van der Waals surface area contributed by atoms with Crippen LogP contribution in [0.3, 0.4) is 0 Å². The van der Waals surface area contributed by atoms with Gasteiger partial charge in [-0.3, -0.25) is 4.79 Å². The largest absolute Gasteiger partial charge is 0.325 e. The number of piperidine rings is 1. The van der Waals surface area contributed by atoms with Crippen molar-refractivity contribution in [2.24, 2.45) is 5.92 Å². The maximum Gasteiger partial charge on any atom is 0.227 e. The van der Waals surface area contributed by atoms with Crippen LogP contribution in [-0.4, -0.2) is 18.5 Å². The number of hydrogen-bond donors (Lipinski definition) is 2. The Morgan fingerprint density at radius 2 is 1.89 bits per heavy atom. The molecule has 1 aliphatic heterocycles. The summed E-state index contributed by atoms with van der Waals surface area (Å²) >= 11 is 0. The van der Waals surface area contributed by atoms with Crippen LogP contribution in [0.5, 0.6) is 0 Å². The Hall–Kier alpha value is -1.35. The monoisotopic (exact) mass is 260 g/mol. The summed E-state index contributed by atoms with van der Waals surface area (Å²) in [4.78, 5) is 12.4. The Balaban J connectivity index is 2.10. The van der Waals surface area contributed by atoms with Gasteiger partial charge in [0.25, 0.3) is 0 Å². The van der Waals surface area contributed by atoms with Crippen LogP contribution in [0.25, 0.3) is 0 Å². The first-order valence-electron chi connectivity index (χ1n) is 7.09. The van der Waals surface area contributed by atoms with E-state index in [4.69, 9.17) is 0 Å². The van der Waals surface area contributed by atoms with E-state index in [1.54, 1.807) is 0 Å². The highest BCUT2D eigenvalue weighted by atomic mass is 16.1. The lowest BCUT2D eigenvalue weighted by Gasteiger charge is -2.27. The Labute approximate surface area is 115 Å². The average molecular weight is 260 g/mol. The molecule has 3 heteroatoms. The maximum atomic E-state index is 12.4. The zero-order chi connectivity index (χ0) is 14.0. The van der Waals surface area contributed by atoms with Crippen LogP contribution in [0.4, 0.5) is 5.69 Å². The molecule has 2 atom stereocenters. The van der Waals surface area contributed by atoms with Crippen LogP contribution < -0.4 is 10.6 Å². The summed E-state index contributed by atoms with van der Waals surface area (Å²) in [5, 5.41) is 6.51. The molecule has 2 unspecified atom stereocenters. The highest BCUT2D eigenvalue weighted by molar-refractivity contribution is 5.94. The summed E-state index contributed by atoms with van der Waals surface area (Å²) in [6.45, 7) is 9.27. The smallest absolute Gasteiger partial charge is 0.227 e. The van der Waals surface area contributed by atoms with Gasteiger partial charge in [0, 0.05) is 17.6 Å². The van der Waals surface area contributed by atoms with Crippen LogP contribution in [0.1, 0.15) is 36.5 Å². The van der Waals surface area contributed by atoms with Gasteiger partial charge in [0.15, 0.2) is 0 Å². The van der Waals surface area contributed by atoms with Gasteiger partial charge in [-0.25, -0.2) is 0 Å². The van der Waals surface area contributed by atoms with Crippen molar-refractivity contribution in [2.75, 3.05) is 11.9 Å². The second kappa shape index (κ2) is 5.74. The van der Waals surface area contributed by atoms with Crippen molar-refractivity contribution in [3.63, 3.8) is 0 Å². The number of nitrogens with one attached hydrogen (secondary N) is 2. The molecule has 2 rings (SSSR count). The fourth-order valence-corrected chi connectivity index (χ4v) is 2.97. The molecule has 1 amide bonds. The van der Waals surface area contributed by atoms with Gasteiger partial charge in [0.1, 0.15) is 0 Å². The number of hydrogen-bond acceptors (Lipinski definition) is 2. The first kappa shape index (κ1) is 14.1. The molecule has 3 nitrogen and oxygen atoms in total. The number of amides is 1. The molecular formula is C16H24N2O. The lowest BCUT2D eigenvalue weighted by molar-refractivity contribution is -0.120. The third-order valence-electron chi connectivity index (χ3n) is 3.92. The molecule has 0 radical (unpaired) electrons. The molecule has 1 aromatic carbocycles. The molecule has 19 heavy (non-hydrogen) atoms. The first-order valence-corrected chi connectivity index (χ1v) is 7.09. The number of aryl methyl sites for hydroxylation is 3. The number of carbonyl (C=O) groups is 1. The second-order valence-electron chi connectivity index (χ2n) is 5.84. The van der Waals surface area contributed by atoms with Gasteiger partial charge >= 0.3 is 0 Å². The molecule has 0 aliphatic carbocycles. The van der Waals surface area contributed by atoms with E-state index in [1.165, 1.54) is 5.56 Å². The van der Waals surface area contributed by atoms with Crippen LogP contribution in [0.15, 0.2) is 12.1 Å². The minimum atomic E-state index is 0.136. The summed E-state index contributed by atoms with van der Waals surface area (Å²) in [5.74, 6) is 0.305. The molecule has 2 N–H and O–H groups in total. The predicted octanol–water partition coefficient (Wildman–Crippen LogP) is 2.94. The third kappa shape index (κ3) is 3.35. The van der Waals surface area contributed by atoms with Crippen LogP contribution >= 0.6 is 0 Å². The van der Waals surface area contributed by atoms with E-state index in [9.17, 15) is 4.79 Å². The Morgan fingerprint density at radius 1 is 1.26 bits per heavy atom. The molecule has 0 saturated carbocycles. The van der Waals surface area contributed by atoms with Gasteiger partial charge < -0.3 is 10.6 Å². The summed E-state index contributed by atoms with van der Waals surface area (Å²) in [5.41, 5.74) is 4.52. The third-order valence-corrected chi connectivity index (χ3v) is 3.92. The standard InChI is InChI=1S/C16H24N2O/c1-10-7-11(2)15(12(3)8-10)18-16(19)14-5-6-17-13(4)9-14/h7-8,13-14,17H,5-6,9H2,1-4H3,(H,18,19). The van der Waals surface area contributed by atoms with Crippen molar-refractivity contribution in [3.05, 3.63) is 28.8 Å². The molecule has 1 heterocycles. The van der Waals surface area contributed by atoms with Crippen molar-refractivity contribution in [3.8, 4) is 0 Å². The van der Waals surface area contributed by atoms with Crippen molar-refractivity contribution in [2.45, 2.75) is 46.6 Å². The highest BCUT2D eigenvalue weighted by Gasteiger charge is 2.25. The summed E-state index contributed by atoms with van der Waals surface area (Å²) in [6.07, 6.45) is 1.86. The van der Waals surface area contributed by atoms with E-state index >= 15 is 0 Å². The van der Waals surface area contributed by atoms with E-state index in [2.05, 4.69) is 50.5 Å². The Kier molecular flexibility index (Phi) is 4.25. The summed E-state index contributed by atoms with van der Waals surface area (Å²) in [6, 6.07) is 4.67. The number of benzene rings is 1. The summed E-state index contributed by atoms with van der Waals surface area (Å²) < 4.78 is 0. The van der Waals surface area contributed by atoms with Crippen LogP contribution in [-0.2, 0) is 4.79 Å². The van der Waals surface area contributed by atoms with Gasteiger partial charge in [0.05, 0.1) is 0 Å². The van der Waals surface area contributed by atoms with E-state index < -0.39 is 0 Å². The Morgan fingerprint density at radius 3 is 2.47 bits per heavy atom. The average Bonchev–Trinajstić information content (AvgIpc) is 2.33. The zero-order valence-corrected chi connectivity index (χ0v) is 12.3. The number of anilines is 1. The SMILES string of the molecule is Cc1cc(C)c(NC(=O)C2CCNC(C)C2)c(C)c1. The highest BCUT2D eigenvalue weighted by Crippen LogP contribution is 2.24. The van der Waals surface area contributed by atoms with E-state index in [0.29, 0.717) is 6.04 Å². The topological polar surface area (TPSA) is 41.1 Å². The fraction of sp³-hybridized carbons (Fsp3) is 0.562. The number of rotatable bonds is 2. The van der Waals surface area contributed by atoms with Gasteiger partial charge in [-0.2, -0.15) is 0 Å². The molecule has 0 spiro atoms. The van der Waals surface area contributed by atoms with Crippen molar-refractivity contribution >= 4 is 11.6 Å². The molecule has 1 saturated heterocycles. The normalized spacial score (nSPS) is 23.2. The second-order valence-corrected chi connectivity index (χ2v) is 5.84. The number of carbonyl (C=O) groups excluding carboxylic acids is 1. The van der Waals surface area contributed by atoms with Gasteiger partial charge in [-0.1, -0.05) is 17.7 Å². The molecule has 0 aromatic heterocycles. The van der Waals surface area contributed by atoms with Crippen molar-refractivity contribution in [1.82, 2.24) is 5.32 Å². The van der Waals surface area contributed by atoms with Gasteiger partial charge in [-0.05, 0) is 58.2 Å². The van der Waals surface area contributed by atoms with Gasteiger partial charge in [0.2, 0.25) is 5.91 Å². The van der Waals surface area contributed by atoms with E-state index in [-0.39, 0.29) is 11.8 Å². The fourth-order valence-electron chi connectivity index (χ4n) is 2.97. The predicted molar refractivity (Wildman–Crippen MR) is 79.5 cm³/mol. The molecule has 1 aliphatic rings. The van der Waals surface area contributed by atoms with Crippen molar-refractivity contribution in [1.29, 1.82) is 0 Å². The summed E-state index contributed by atoms with van der Waals surface area (Å²) in [7, 11) is 0. The Bertz CT molecular complexity index is 459. The van der Waals surface area contributed by atoms with E-state index in [1.807, 2.05) is 0 Å². The first-order chi connectivity index (χ1) is 8.97. The van der Waals surface area contributed by atoms with Crippen LogP contribution in [0, 0.1) is 26.7 Å². The lowest BCUT2D eigenvalue weighted by atomic mass is 9.92. The van der Waals surface area contributed by atoms with Crippen LogP contribution in [0.2, 0.25) is 0 Å². The molecular weight excluding hydrogens is 236 g/mol. The molecule has 1 aromatic rings. The van der Waals surface area contributed by atoms with E-state index in [0.717, 1.165) is 36.2 Å². The van der Waals surface area contributed by atoms with Crippen molar-refractivity contribution < 1.29 is 4.79 Å². The minimum Gasteiger partial charge on any atom is -0.325 e.